The molecule has 2 heterocycles. The normalized spacial score (nSPS) is 21.2. The van der Waals surface area contributed by atoms with Crippen LogP contribution >= 0.6 is 0 Å². The number of ether oxygens (including phenoxy) is 1. The number of hydrogen-bond donors (Lipinski definition) is 2. The van der Waals surface area contributed by atoms with Crippen molar-refractivity contribution in [2.24, 2.45) is 18.9 Å². The molecule has 0 radical (unpaired) electrons. The van der Waals surface area contributed by atoms with Crippen molar-refractivity contribution in [2.75, 3.05) is 38.6 Å². The van der Waals surface area contributed by atoms with Gasteiger partial charge in [-0.25, -0.2) is 0 Å². The van der Waals surface area contributed by atoms with Crippen molar-refractivity contribution in [3.05, 3.63) is 41.2 Å². The topological polar surface area (TPSA) is 99.9 Å². The van der Waals surface area contributed by atoms with Gasteiger partial charge in [-0.2, -0.15) is 5.10 Å². The monoisotopic (exact) mass is 483 g/mol. The summed E-state index contributed by atoms with van der Waals surface area (Å²) in [5.41, 5.74) is 1.99. The highest BCUT2D eigenvalue weighted by Gasteiger charge is 2.35. The predicted molar refractivity (Wildman–Crippen MR) is 134 cm³/mol. The van der Waals surface area contributed by atoms with Gasteiger partial charge in [0.05, 0.1) is 29.6 Å². The van der Waals surface area contributed by atoms with Crippen LogP contribution in [0, 0.1) is 18.8 Å². The molecule has 1 fully saturated rings. The van der Waals surface area contributed by atoms with E-state index in [0.29, 0.717) is 35.8 Å². The van der Waals surface area contributed by atoms with E-state index < -0.39 is 0 Å². The van der Waals surface area contributed by atoms with Crippen molar-refractivity contribution in [1.29, 1.82) is 0 Å². The number of nitrogens with one attached hydrogen (secondary N) is 1. The van der Waals surface area contributed by atoms with Crippen LogP contribution in [0.5, 0.6) is 5.75 Å². The molecule has 4 rings (SSSR count). The lowest BCUT2D eigenvalue weighted by Crippen LogP contribution is -2.50. The first kappa shape index (κ1) is 25.2. The number of anilines is 1. The summed E-state index contributed by atoms with van der Waals surface area (Å²) in [7, 11) is 3.82. The molecular weight excluding hydrogens is 446 g/mol. The summed E-state index contributed by atoms with van der Waals surface area (Å²) in [5.74, 6) is 0.602. The molecule has 190 valence electrons. The molecule has 0 unspecified atom stereocenters. The molecule has 2 N–H and O–H groups in total. The first-order valence-corrected chi connectivity index (χ1v) is 12.4. The number of likely N-dealkylation sites (N-methyl/N-ethyl adjacent to an activating group) is 1. The summed E-state index contributed by atoms with van der Waals surface area (Å²) in [4.78, 5) is 30.7. The van der Waals surface area contributed by atoms with E-state index in [0.717, 1.165) is 18.2 Å². The Hall–Kier alpha value is -2.91. The van der Waals surface area contributed by atoms with E-state index in [1.807, 2.05) is 13.8 Å². The third-order valence-electron chi connectivity index (χ3n) is 6.93. The van der Waals surface area contributed by atoms with Gasteiger partial charge in [-0.1, -0.05) is 13.0 Å². The number of aryl methyl sites for hydroxylation is 2. The number of fused-ring (bicyclic) bond motifs is 1. The average Bonchev–Trinajstić information content (AvgIpc) is 3.56. The van der Waals surface area contributed by atoms with Crippen LogP contribution in [0.3, 0.4) is 0 Å². The summed E-state index contributed by atoms with van der Waals surface area (Å²) in [6.07, 6.45) is 2.35. The predicted octanol–water partition coefficient (Wildman–Crippen LogP) is 2.54. The Labute approximate surface area is 207 Å². The number of amides is 2. The molecule has 1 aliphatic heterocycles. The number of nitrogens with zero attached hydrogens (tertiary/aromatic N) is 4. The zero-order chi connectivity index (χ0) is 25.3. The highest BCUT2D eigenvalue weighted by atomic mass is 16.5. The minimum atomic E-state index is -0.337. The fourth-order valence-corrected chi connectivity index (χ4v) is 4.69. The Morgan fingerprint density at radius 2 is 2.09 bits per heavy atom. The van der Waals surface area contributed by atoms with E-state index in [4.69, 9.17) is 4.74 Å². The van der Waals surface area contributed by atoms with Crippen LogP contribution < -0.4 is 10.1 Å². The number of aromatic nitrogens is 2. The summed E-state index contributed by atoms with van der Waals surface area (Å²) in [6.45, 7) is 7.83. The fraction of sp³-hybridized carbons (Fsp3) is 0.577. The molecule has 35 heavy (non-hydrogen) atoms. The van der Waals surface area contributed by atoms with E-state index in [1.54, 1.807) is 36.2 Å². The number of para-hydroxylation sites is 1. The Bertz CT molecular complexity index is 1080. The van der Waals surface area contributed by atoms with Crippen molar-refractivity contribution < 1.29 is 19.4 Å². The molecule has 3 atom stereocenters. The van der Waals surface area contributed by atoms with Crippen molar-refractivity contribution in [3.63, 3.8) is 0 Å². The molecule has 2 aromatic rings. The first-order valence-electron chi connectivity index (χ1n) is 12.4. The van der Waals surface area contributed by atoms with Crippen LogP contribution in [0.25, 0.3) is 0 Å². The van der Waals surface area contributed by atoms with Crippen LogP contribution in [0.2, 0.25) is 0 Å². The zero-order valence-corrected chi connectivity index (χ0v) is 21.3. The maximum absolute atomic E-state index is 13.6. The first-order chi connectivity index (χ1) is 16.7. The van der Waals surface area contributed by atoms with Gasteiger partial charge in [0, 0.05) is 32.6 Å². The van der Waals surface area contributed by atoms with Gasteiger partial charge in [0.25, 0.3) is 11.8 Å². The number of carbonyl (C=O) groups excluding carboxylic acids is 2. The standard InChI is InChI=1S/C26H37N5O4/c1-16-12-31(18(3)15-32)26(34)20-7-6-8-21(27-25(33)22-11-17(2)28-30(22)5)24(20)35-23(16)14-29(4)13-19-9-10-19/h6-8,11,16,18-19,23,32H,9-10,12-15H2,1-5H3,(H,27,33)/t16-,18+,23-/m1/s1. The fourth-order valence-electron chi connectivity index (χ4n) is 4.69. The molecule has 1 aliphatic carbocycles. The van der Waals surface area contributed by atoms with Crippen LogP contribution in [-0.2, 0) is 7.05 Å². The molecule has 1 aromatic heterocycles. The van der Waals surface area contributed by atoms with E-state index in [-0.39, 0.29) is 36.5 Å². The highest BCUT2D eigenvalue weighted by molar-refractivity contribution is 6.06. The summed E-state index contributed by atoms with van der Waals surface area (Å²) < 4.78 is 8.10. The molecule has 0 spiro atoms. The third kappa shape index (κ3) is 5.67. The molecule has 2 aliphatic rings. The molecule has 1 aromatic carbocycles. The Kier molecular flexibility index (Phi) is 7.47. The second-order valence-corrected chi connectivity index (χ2v) is 10.2. The van der Waals surface area contributed by atoms with Gasteiger partial charge in [-0.15, -0.1) is 0 Å². The highest BCUT2D eigenvalue weighted by Crippen LogP contribution is 2.36. The molecule has 9 nitrogen and oxygen atoms in total. The number of rotatable bonds is 8. The van der Waals surface area contributed by atoms with Crippen LogP contribution in [0.15, 0.2) is 24.3 Å². The van der Waals surface area contributed by atoms with Crippen molar-refractivity contribution >= 4 is 17.5 Å². The Morgan fingerprint density at radius 3 is 2.71 bits per heavy atom. The lowest BCUT2D eigenvalue weighted by molar-refractivity contribution is 0.0345. The minimum absolute atomic E-state index is 0.0197. The summed E-state index contributed by atoms with van der Waals surface area (Å²) >= 11 is 0. The number of aliphatic hydroxyl groups is 1. The van der Waals surface area contributed by atoms with E-state index in [9.17, 15) is 14.7 Å². The van der Waals surface area contributed by atoms with Crippen molar-refractivity contribution in [1.82, 2.24) is 19.6 Å². The SMILES string of the molecule is Cc1cc(C(=O)Nc2cccc3c2O[C@H](CN(C)CC2CC2)[C@H](C)CN([C@@H](C)CO)C3=O)n(C)n1. The number of hydrogen-bond acceptors (Lipinski definition) is 6. The molecule has 0 saturated heterocycles. The lowest BCUT2D eigenvalue weighted by atomic mass is 9.99. The van der Waals surface area contributed by atoms with Gasteiger partial charge in [0.2, 0.25) is 0 Å². The van der Waals surface area contributed by atoms with Crippen molar-refractivity contribution in [3.8, 4) is 5.75 Å². The van der Waals surface area contributed by atoms with Gasteiger partial charge in [-0.05, 0) is 57.9 Å². The smallest absolute Gasteiger partial charge is 0.274 e. The molecule has 9 heteroatoms. The maximum Gasteiger partial charge on any atom is 0.274 e. The van der Waals surface area contributed by atoms with E-state index in [1.165, 1.54) is 17.5 Å². The third-order valence-corrected chi connectivity index (χ3v) is 6.93. The molecule has 0 bridgehead atoms. The molecular formula is C26H37N5O4. The molecule has 2 amide bonds. The van der Waals surface area contributed by atoms with Gasteiger partial charge in [-0.3, -0.25) is 14.3 Å². The minimum Gasteiger partial charge on any atom is -0.486 e. The van der Waals surface area contributed by atoms with E-state index >= 15 is 0 Å². The summed E-state index contributed by atoms with van der Waals surface area (Å²) in [6, 6.07) is 6.60. The van der Waals surface area contributed by atoms with Gasteiger partial charge in [0.1, 0.15) is 11.8 Å². The second-order valence-electron chi connectivity index (χ2n) is 10.2. The zero-order valence-electron chi connectivity index (χ0n) is 21.3. The van der Waals surface area contributed by atoms with Gasteiger partial charge >= 0.3 is 0 Å². The average molecular weight is 484 g/mol. The largest absolute Gasteiger partial charge is 0.486 e. The van der Waals surface area contributed by atoms with Gasteiger partial charge in [0.15, 0.2) is 5.75 Å². The quantitative estimate of drug-likeness (QED) is 0.599. The number of aliphatic hydroxyl groups excluding tert-OH is 1. The Morgan fingerprint density at radius 1 is 1.34 bits per heavy atom. The van der Waals surface area contributed by atoms with Gasteiger partial charge < -0.3 is 25.0 Å². The summed E-state index contributed by atoms with van der Waals surface area (Å²) in [5, 5.41) is 17.0. The lowest BCUT2D eigenvalue weighted by Gasteiger charge is -2.38. The maximum atomic E-state index is 13.6. The number of benzene rings is 1. The van der Waals surface area contributed by atoms with Crippen LogP contribution in [-0.4, -0.2) is 81.9 Å². The number of carbonyl (C=O) groups is 2. The van der Waals surface area contributed by atoms with Crippen molar-refractivity contribution in [2.45, 2.75) is 45.8 Å². The Balaban J connectivity index is 1.69. The second kappa shape index (κ2) is 10.4. The van der Waals surface area contributed by atoms with Crippen LogP contribution in [0.1, 0.15) is 53.2 Å². The molecule has 1 saturated carbocycles. The van der Waals surface area contributed by atoms with E-state index in [2.05, 4.69) is 29.3 Å². The van der Waals surface area contributed by atoms with Crippen LogP contribution in [0.4, 0.5) is 5.69 Å².